The summed E-state index contributed by atoms with van der Waals surface area (Å²) in [4.78, 5) is 0. The molecule has 1 aliphatic carbocycles. The van der Waals surface area contributed by atoms with Gasteiger partial charge in [0.1, 0.15) is 0 Å². The first kappa shape index (κ1) is 35.9. The summed E-state index contributed by atoms with van der Waals surface area (Å²) in [5, 5.41) is 10.0. The molecule has 10 rings (SSSR count). The molecule has 2 atom stereocenters. The summed E-state index contributed by atoms with van der Waals surface area (Å²) in [5.74, 6) is 1.25. The molecule has 0 radical (unpaired) electrons. The van der Waals surface area contributed by atoms with Gasteiger partial charge >= 0.3 is 0 Å². The fraction of sp³-hybridized carbons (Fsp3) is 0.138. The van der Waals surface area contributed by atoms with Crippen LogP contribution in [0.5, 0.6) is 0 Å². The van der Waals surface area contributed by atoms with Crippen LogP contribution in [-0.4, -0.2) is 0 Å². The highest BCUT2D eigenvalue weighted by atomic mass is 14.5. The van der Waals surface area contributed by atoms with Gasteiger partial charge in [-0.3, -0.25) is 0 Å². The molecule has 9 aromatic carbocycles. The van der Waals surface area contributed by atoms with E-state index in [1.807, 2.05) is 0 Å². The fourth-order valence-electron chi connectivity index (χ4n) is 9.91. The van der Waals surface area contributed by atoms with E-state index in [1.54, 1.807) is 0 Å². The van der Waals surface area contributed by atoms with Crippen LogP contribution in [0.15, 0.2) is 200 Å². The third-order valence-electron chi connectivity index (χ3n) is 13.5. The maximum atomic E-state index is 2.51. The second kappa shape index (κ2) is 14.8. The van der Waals surface area contributed by atoms with Crippen molar-refractivity contribution in [3.8, 4) is 44.5 Å². The van der Waals surface area contributed by atoms with Crippen molar-refractivity contribution >= 4 is 43.1 Å². The van der Waals surface area contributed by atoms with E-state index in [1.165, 1.54) is 106 Å². The van der Waals surface area contributed by atoms with Gasteiger partial charge in [-0.15, -0.1) is 0 Å². The van der Waals surface area contributed by atoms with Gasteiger partial charge < -0.3 is 0 Å². The largest absolute Gasteiger partial charge is 0.0622 e. The smallest absolute Gasteiger partial charge is 0.00987 e. The molecule has 1 aliphatic rings. The number of hydrogen-bond donors (Lipinski definition) is 0. The first-order valence-electron chi connectivity index (χ1n) is 20.9. The Kier molecular flexibility index (Phi) is 9.14. The maximum absolute atomic E-state index is 2.51. The van der Waals surface area contributed by atoms with Gasteiger partial charge in [0, 0.05) is 0 Å². The van der Waals surface area contributed by atoms with Crippen LogP contribution in [0.3, 0.4) is 0 Å². The average Bonchev–Trinajstić information content (AvgIpc) is 3.54. The van der Waals surface area contributed by atoms with E-state index in [0.717, 1.165) is 0 Å². The predicted octanol–water partition coefficient (Wildman–Crippen LogP) is 16.6. The number of rotatable bonds is 5. The monoisotopic (exact) mass is 744 g/mol. The Labute approximate surface area is 342 Å². The maximum Gasteiger partial charge on any atom is -0.00987 e. The molecule has 0 saturated heterocycles. The van der Waals surface area contributed by atoms with Crippen LogP contribution in [-0.2, 0) is 0 Å². The molecule has 0 nitrogen and oxygen atoms in total. The highest BCUT2D eigenvalue weighted by molar-refractivity contribution is 6.11. The molecule has 58 heavy (non-hydrogen) atoms. The zero-order chi connectivity index (χ0) is 39.2. The Morgan fingerprint density at radius 3 is 1.47 bits per heavy atom. The Balaban J connectivity index is 1.25. The van der Waals surface area contributed by atoms with Gasteiger partial charge in [0.15, 0.2) is 0 Å². The van der Waals surface area contributed by atoms with Gasteiger partial charge in [0.05, 0.1) is 0 Å². The van der Waals surface area contributed by atoms with Crippen LogP contribution in [0.1, 0.15) is 45.1 Å². The number of fused-ring (bicyclic) bond motifs is 4. The Bertz CT molecular complexity index is 3050. The van der Waals surface area contributed by atoms with Crippen LogP contribution in [0.4, 0.5) is 0 Å². The van der Waals surface area contributed by atoms with E-state index >= 15 is 0 Å². The molecule has 280 valence electrons. The van der Waals surface area contributed by atoms with Gasteiger partial charge in [-0.25, -0.2) is 0 Å². The van der Waals surface area contributed by atoms with Crippen molar-refractivity contribution in [1.82, 2.24) is 0 Å². The molecule has 0 spiro atoms. The van der Waals surface area contributed by atoms with Crippen LogP contribution in [0.25, 0.3) is 87.6 Å². The average molecular weight is 745 g/mol. The van der Waals surface area contributed by atoms with E-state index in [0.29, 0.717) is 11.8 Å². The minimum atomic E-state index is 0.262. The molecule has 1 saturated carbocycles. The topological polar surface area (TPSA) is 0 Å². The molecule has 0 aromatic heterocycles. The minimum absolute atomic E-state index is 0.262. The molecule has 0 amide bonds. The standard InChI is InChI=1S/C58H48/c1-39-30-35-57(58(39,2)3)46-36-45-32-31-44(37-56(45)55(38-46)43-16-5-4-6-17-43)40-20-13-29-53(49-27-14-21-41-18-7-9-23-47(41)49)51-25-11-12-26-52(51)54(34-33-40)50-28-15-22-42-19-8-10-24-48(42)50/h4-29,31-34,36-39,57H,30,35H2,1-3H3. The molecule has 1 fully saturated rings. The third kappa shape index (κ3) is 6.34. The number of hydrogen-bond acceptors (Lipinski definition) is 0. The zero-order valence-corrected chi connectivity index (χ0v) is 33.6. The van der Waals surface area contributed by atoms with E-state index < -0.39 is 0 Å². The Hall–Kier alpha value is -6.50. The van der Waals surface area contributed by atoms with Crippen molar-refractivity contribution in [3.63, 3.8) is 0 Å². The zero-order valence-electron chi connectivity index (χ0n) is 33.6. The molecule has 0 bridgehead atoms. The second-order valence-electron chi connectivity index (χ2n) is 17.0. The molecular weight excluding hydrogens is 697 g/mol. The van der Waals surface area contributed by atoms with E-state index in [2.05, 4.69) is 221 Å². The normalized spacial score (nSPS) is 16.2. The molecule has 0 heteroatoms. The van der Waals surface area contributed by atoms with Gasteiger partial charge in [-0.05, 0) is 129 Å². The SMILES string of the molecule is CC1CCC(c2cc(-c3ccccc3)c3cc(-c4cccc(-c5cccc6ccccc56)c5ccccc5c(-c5cccc6ccccc56)cc4)ccc3c2)C1(C)C. The van der Waals surface area contributed by atoms with Gasteiger partial charge in [0.2, 0.25) is 0 Å². The summed E-state index contributed by atoms with van der Waals surface area (Å²) in [5.41, 5.74) is 11.5. The van der Waals surface area contributed by atoms with Gasteiger partial charge in [0.25, 0.3) is 0 Å². The van der Waals surface area contributed by atoms with Crippen molar-refractivity contribution in [2.45, 2.75) is 39.5 Å². The first-order chi connectivity index (χ1) is 28.4. The van der Waals surface area contributed by atoms with Gasteiger partial charge in [-0.1, -0.05) is 215 Å². The summed E-state index contributed by atoms with van der Waals surface area (Å²) in [6, 6.07) is 74.5. The number of benzene rings is 8. The van der Waals surface area contributed by atoms with Crippen LogP contribution in [0, 0.1) is 11.3 Å². The fourth-order valence-corrected chi connectivity index (χ4v) is 9.91. The van der Waals surface area contributed by atoms with E-state index in [9.17, 15) is 0 Å². The highest BCUT2D eigenvalue weighted by Crippen LogP contribution is 2.53. The van der Waals surface area contributed by atoms with Gasteiger partial charge in [-0.2, -0.15) is 0 Å². The first-order valence-corrected chi connectivity index (χ1v) is 20.9. The summed E-state index contributed by atoms with van der Waals surface area (Å²) in [6.07, 6.45) is 2.53. The molecule has 0 heterocycles. The lowest BCUT2D eigenvalue weighted by atomic mass is 9.72. The Morgan fingerprint density at radius 2 is 0.845 bits per heavy atom. The van der Waals surface area contributed by atoms with Crippen LogP contribution >= 0.6 is 0 Å². The lowest BCUT2D eigenvalue weighted by molar-refractivity contribution is 0.249. The summed E-state index contributed by atoms with van der Waals surface area (Å²) < 4.78 is 0. The second-order valence-corrected chi connectivity index (χ2v) is 17.0. The summed E-state index contributed by atoms with van der Waals surface area (Å²) in [7, 11) is 0. The van der Waals surface area contributed by atoms with Crippen molar-refractivity contribution in [3.05, 3.63) is 206 Å². The quantitative estimate of drug-likeness (QED) is 0.165. The third-order valence-corrected chi connectivity index (χ3v) is 13.5. The lowest BCUT2D eigenvalue weighted by Crippen LogP contribution is -2.21. The van der Waals surface area contributed by atoms with Crippen LogP contribution in [0.2, 0.25) is 0 Å². The molecule has 2 unspecified atom stereocenters. The Morgan fingerprint density at radius 1 is 0.345 bits per heavy atom. The summed E-state index contributed by atoms with van der Waals surface area (Å²) in [6.45, 7) is 7.38. The molecule has 0 N–H and O–H groups in total. The molecular formula is C58H48. The van der Waals surface area contributed by atoms with Crippen molar-refractivity contribution in [2.75, 3.05) is 0 Å². The van der Waals surface area contributed by atoms with Crippen molar-refractivity contribution < 1.29 is 0 Å². The van der Waals surface area contributed by atoms with Crippen molar-refractivity contribution in [2.24, 2.45) is 11.3 Å². The molecule has 0 aliphatic heterocycles. The predicted molar refractivity (Wildman–Crippen MR) is 251 cm³/mol. The molecule has 9 aromatic rings. The lowest BCUT2D eigenvalue weighted by Gasteiger charge is -2.32. The van der Waals surface area contributed by atoms with E-state index in [4.69, 9.17) is 0 Å². The summed E-state index contributed by atoms with van der Waals surface area (Å²) >= 11 is 0. The highest BCUT2D eigenvalue weighted by Gasteiger charge is 2.41. The van der Waals surface area contributed by atoms with Crippen molar-refractivity contribution in [1.29, 1.82) is 0 Å². The van der Waals surface area contributed by atoms with Crippen LogP contribution < -0.4 is 0 Å². The minimum Gasteiger partial charge on any atom is -0.0622 e. The van der Waals surface area contributed by atoms with E-state index in [-0.39, 0.29) is 5.41 Å².